The predicted molar refractivity (Wildman–Crippen MR) is 177 cm³/mol. The quantitative estimate of drug-likeness (QED) is 0.157. The lowest BCUT2D eigenvalue weighted by atomic mass is 9.35. The molecule has 3 N–H and O–H groups in total. The lowest BCUT2D eigenvalue weighted by Crippen LogP contribution is -2.64. The molecule has 4 fully saturated rings. The minimum atomic E-state index is -0.695. The van der Waals surface area contributed by atoms with E-state index in [0.29, 0.717) is 23.7 Å². The molecule has 0 radical (unpaired) electrons. The SMILES string of the molecule is C/C(=C\CC[C@](C)(O)[C@H]1CC[C@]2(C)C1CC[C@@H]1[C@@]3(C)CCC(OC(=O)/C=C/c4ccc(O)cc4)C(C)(C)C3CC[C@]12C)CO. The van der Waals surface area contributed by atoms with E-state index < -0.39 is 5.60 Å². The van der Waals surface area contributed by atoms with Crippen LogP contribution in [0.15, 0.2) is 42.0 Å². The summed E-state index contributed by atoms with van der Waals surface area (Å²) in [6.07, 6.45) is 15.8. The summed E-state index contributed by atoms with van der Waals surface area (Å²) in [4.78, 5) is 13.0. The topological polar surface area (TPSA) is 87.0 Å². The fourth-order valence-electron chi connectivity index (χ4n) is 11.5. The number of fused-ring (bicyclic) bond motifs is 5. The van der Waals surface area contributed by atoms with Crippen LogP contribution in [0.3, 0.4) is 0 Å². The normalized spacial score (nSPS) is 39.7. The maximum Gasteiger partial charge on any atom is 0.331 e. The average Bonchev–Trinajstić information content (AvgIpc) is 3.33. The largest absolute Gasteiger partial charge is 0.508 e. The van der Waals surface area contributed by atoms with Crippen LogP contribution in [-0.4, -0.2) is 39.6 Å². The molecule has 44 heavy (non-hydrogen) atoms. The van der Waals surface area contributed by atoms with E-state index in [2.05, 4.69) is 47.6 Å². The van der Waals surface area contributed by atoms with E-state index in [0.717, 1.165) is 49.7 Å². The van der Waals surface area contributed by atoms with Gasteiger partial charge in [0.25, 0.3) is 0 Å². The first-order chi connectivity index (χ1) is 20.6. The van der Waals surface area contributed by atoms with Crippen molar-refractivity contribution in [3.63, 3.8) is 0 Å². The molecule has 5 nitrogen and oxygen atoms in total. The second-order valence-electron chi connectivity index (χ2n) is 16.6. The van der Waals surface area contributed by atoms with Gasteiger partial charge >= 0.3 is 5.97 Å². The van der Waals surface area contributed by atoms with Crippen LogP contribution in [0, 0.1) is 45.3 Å². The molecular formula is C39H58O5. The summed E-state index contributed by atoms with van der Waals surface area (Å²) in [6.45, 7) is 16.5. The Hall–Kier alpha value is -2.11. The Morgan fingerprint density at radius 1 is 0.955 bits per heavy atom. The van der Waals surface area contributed by atoms with Gasteiger partial charge in [0.05, 0.1) is 12.2 Å². The number of carbonyl (C=O) groups is 1. The Labute approximate surface area is 266 Å². The van der Waals surface area contributed by atoms with Gasteiger partial charge in [-0.3, -0.25) is 0 Å². The van der Waals surface area contributed by atoms with Crippen molar-refractivity contribution in [3.05, 3.63) is 47.6 Å². The van der Waals surface area contributed by atoms with Crippen molar-refractivity contribution in [2.24, 2.45) is 45.3 Å². The molecule has 3 unspecified atom stereocenters. The number of carbonyl (C=O) groups excluding carboxylic acids is 1. The Morgan fingerprint density at radius 3 is 2.32 bits per heavy atom. The van der Waals surface area contributed by atoms with E-state index in [9.17, 15) is 20.1 Å². The molecule has 5 heteroatoms. The molecule has 0 bridgehead atoms. The highest BCUT2D eigenvalue weighted by atomic mass is 16.5. The average molecular weight is 607 g/mol. The Balaban J connectivity index is 1.30. The van der Waals surface area contributed by atoms with E-state index in [4.69, 9.17) is 4.74 Å². The van der Waals surface area contributed by atoms with Gasteiger partial charge in [-0.05, 0) is 142 Å². The number of phenolic OH excluding ortho intramolecular Hbond substituents is 1. The van der Waals surface area contributed by atoms with Crippen LogP contribution >= 0.6 is 0 Å². The summed E-state index contributed by atoms with van der Waals surface area (Å²) < 4.78 is 6.18. The smallest absolute Gasteiger partial charge is 0.331 e. The number of esters is 1. The molecule has 4 aliphatic rings. The first kappa shape index (κ1) is 33.3. The van der Waals surface area contributed by atoms with Crippen molar-refractivity contribution < 1.29 is 24.9 Å². The Bertz CT molecular complexity index is 1260. The molecule has 1 aromatic rings. The van der Waals surface area contributed by atoms with Crippen LogP contribution in [0.25, 0.3) is 6.08 Å². The third-order valence-electron chi connectivity index (χ3n) is 14.1. The van der Waals surface area contributed by atoms with Gasteiger partial charge in [0.2, 0.25) is 0 Å². The highest BCUT2D eigenvalue weighted by Gasteiger charge is 2.69. The first-order valence-corrected chi connectivity index (χ1v) is 17.2. The van der Waals surface area contributed by atoms with Gasteiger partial charge in [-0.15, -0.1) is 0 Å². The Kier molecular flexibility index (Phi) is 9.01. The van der Waals surface area contributed by atoms with Crippen LogP contribution in [0.2, 0.25) is 0 Å². The third-order valence-corrected chi connectivity index (χ3v) is 14.1. The van der Waals surface area contributed by atoms with Crippen LogP contribution < -0.4 is 0 Å². The lowest BCUT2D eigenvalue weighted by molar-refractivity contribution is -0.229. The molecule has 4 aliphatic carbocycles. The van der Waals surface area contributed by atoms with E-state index in [1.165, 1.54) is 31.8 Å². The predicted octanol–water partition coefficient (Wildman–Crippen LogP) is 8.47. The van der Waals surface area contributed by atoms with Crippen molar-refractivity contribution in [2.45, 2.75) is 124 Å². The van der Waals surface area contributed by atoms with Gasteiger partial charge in [-0.25, -0.2) is 4.79 Å². The van der Waals surface area contributed by atoms with E-state index in [1.807, 2.05) is 6.92 Å². The number of rotatable bonds is 8. The summed E-state index contributed by atoms with van der Waals surface area (Å²) in [7, 11) is 0. The van der Waals surface area contributed by atoms with Gasteiger partial charge in [0.1, 0.15) is 11.9 Å². The molecule has 0 amide bonds. The van der Waals surface area contributed by atoms with Crippen LogP contribution in [0.4, 0.5) is 0 Å². The number of benzene rings is 1. The van der Waals surface area contributed by atoms with Crippen molar-refractivity contribution in [1.29, 1.82) is 0 Å². The third kappa shape index (κ3) is 5.59. The molecule has 244 valence electrons. The molecule has 5 rings (SSSR count). The summed E-state index contributed by atoms with van der Waals surface area (Å²) in [5, 5.41) is 30.7. The minimum Gasteiger partial charge on any atom is -0.508 e. The second kappa shape index (κ2) is 11.9. The summed E-state index contributed by atoms with van der Waals surface area (Å²) in [5.74, 6) is 1.88. The van der Waals surface area contributed by atoms with Crippen molar-refractivity contribution >= 4 is 12.0 Å². The fourth-order valence-corrected chi connectivity index (χ4v) is 11.5. The van der Waals surface area contributed by atoms with E-state index in [1.54, 1.807) is 30.3 Å². The summed E-state index contributed by atoms with van der Waals surface area (Å²) in [5.41, 5.74) is 1.66. The molecule has 0 saturated heterocycles. The van der Waals surface area contributed by atoms with Crippen molar-refractivity contribution in [2.75, 3.05) is 6.61 Å². The fraction of sp³-hybridized carbons (Fsp3) is 0.718. The molecule has 0 aliphatic heterocycles. The summed E-state index contributed by atoms with van der Waals surface area (Å²) in [6, 6.07) is 6.81. The number of hydrogen-bond donors (Lipinski definition) is 3. The number of hydrogen-bond acceptors (Lipinski definition) is 5. The van der Waals surface area contributed by atoms with Crippen LogP contribution in [0.1, 0.15) is 118 Å². The Morgan fingerprint density at radius 2 is 1.64 bits per heavy atom. The number of phenols is 1. The van der Waals surface area contributed by atoms with Crippen LogP contribution in [-0.2, 0) is 9.53 Å². The van der Waals surface area contributed by atoms with Gasteiger partial charge in [0, 0.05) is 11.5 Å². The molecule has 0 aromatic heterocycles. The molecule has 4 saturated carbocycles. The molecule has 1 aromatic carbocycles. The second-order valence-corrected chi connectivity index (χ2v) is 16.6. The minimum absolute atomic E-state index is 0.0871. The number of aromatic hydroxyl groups is 1. The maximum atomic E-state index is 13.0. The first-order valence-electron chi connectivity index (χ1n) is 17.2. The highest BCUT2D eigenvalue weighted by Crippen LogP contribution is 2.76. The molecular weight excluding hydrogens is 548 g/mol. The van der Waals surface area contributed by atoms with Crippen LogP contribution in [0.5, 0.6) is 5.75 Å². The zero-order chi connectivity index (χ0) is 32.1. The highest BCUT2D eigenvalue weighted by molar-refractivity contribution is 5.87. The standard InChI is InChI=1S/C39H58O5/c1-26(25-40)9-8-21-39(7,43)30-18-23-37(5)29(30)15-16-32-36(4)22-20-33(35(2,3)31(36)19-24-38(32,37)6)44-34(42)17-12-27-10-13-28(41)14-11-27/h9-14,17,29-33,40-41,43H,8,15-16,18-25H2,1-7H3/b17-12+,26-9+/t29?,30-,31?,32+,33?,36-,37+,38+,39-/m0/s1. The molecule has 0 spiro atoms. The van der Waals surface area contributed by atoms with Gasteiger partial charge in [0.15, 0.2) is 0 Å². The van der Waals surface area contributed by atoms with Crippen molar-refractivity contribution in [1.82, 2.24) is 0 Å². The number of allylic oxidation sites excluding steroid dienone is 1. The molecule has 9 atom stereocenters. The van der Waals surface area contributed by atoms with Gasteiger partial charge in [-0.1, -0.05) is 58.4 Å². The van der Waals surface area contributed by atoms with Gasteiger partial charge in [-0.2, -0.15) is 0 Å². The number of ether oxygens (including phenoxy) is 1. The van der Waals surface area contributed by atoms with Gasteiger partial charge < -0.3 is 20.1 Å². The lowest BCUT2D eigenvalue weighted by Gasteiger charge is -2.70. The van der Waals surface area contributed by atoms with E-state index in [-0.39, 0.29) is 46.1 Å². The zero-order valence-corrected chi connectivity index (χ0v) is 28.4. The van der Waals surface area contributed by atoms with E-state index >= 15 is 0 Å². The summed E-state index contributed by atoms with van der Waals surface area (Å²) >= 11 is 0. The number of aliphatic hydroxyl groups is 2. The maximum absolute atomic E-state index is 13.0. The number of aliphatic hydroxyl groups excluding tert-OH is 1. The molecule has 0 heterocycles. The monoisotopic (exact) mass is 606 g/mol. The zero-order valence-electron chi connectivity index (χ0n) is 28.4. The van der Waals surface area contributed by atoms with Crippen molar-refractivity contribution in [3.8, 4) is 5.75 Å².